The molecule has 0 radical (unpaired) electrons. The zero-order valence-electron chi connectivity index (χ0n) is 13.5. The zero-order valence-corrected chi connectivity index (χ0v) is 13.5. The third-order valence-corrected chi connectivity index (χ3v) is 3.25. The second-order valence-corrected chi connectivity index (χ2v) is 5.20. The van der Waals surface area contributed by atoms with Gasteiger partial charge in [-0.25, -0.2) is 5.43 Å². The van der Waals surface area contributed by atoms with Crippen LogP contribution in [0.25, 0.3) is 0 Å². The minimum atomic E-state index is -0.607. The van der Waals surface area contributed by atoms with Crippen molar-refractivity contribution in [1.29, 1.82) is 0 Å². The molecule has 0 unspecified atom stereocenters. The molecule has 0 aliphatic carbocycles. The fourth-order valence-electron chi connectivity index (χ4n) is 2.07. The summed E-state index contributed by atoms with van der Waals surface area (Å²) >= 11 is 0. The maximum atomic E-state index is 12.1. The molecule has 1 atom stereocenters. The van der Waals surface area contributed by atoms with Crippen molar-refractivity contribution in [3.63, 3.8) is 0 Å². The molecule has 0 spiro atoms. The molecular weight excluding hydrogens is 300 g/mol. The van der Waals surface area contributed by atoms with Crippen molar-refractivity contribution in [3.05, 3.63) is 35.0 Å². The van der Waals surface area contributed by atoms with Crippen molar-refractivity contribution >= 4 is 17.6 Å². The number of rotatable bonds is 6. The van der Waals surface area contributed by atoms with E-state index in [1.54, 1.807) is 32.9 Å². The molecule has 2 amide bonds. The number of aromatic nitrogens is 1. The third kappa shape index (κ3) is 4.19. The van der Waals surface area contributed by atoms with E-state index in [9.17, 15) is 9.59 Å². The fourth-order valence-corrected chi connectivity index (χ4v) is 2.07. The lowest BCUT2D eigenvalue weighted by Gasteiger charge is -2.16. The summed E-state index contributed by atoms with van der Waals surface area (Å²) in [5.74, 6) is 1.43. The predicted octanol–water partition coefficient (Wildman–Crippen LogP) is 1.84. The van der Waals surface area contributed by atoms with Crippen molar-refractivity contribution < 1.29 is 18.5 Å². The monoisotopic (exact) mass is 320 g/mol. The van der Waals surface area contributed by atoms with Gasteiger partial charge in [-0.05, 0) is 33.3 Å². The number of hydrazine groups is 1. The Bertz CT molecular complexity index is 704. The van der Waals surface area contributed by atoms with Crippen LogP contribution in [0, 0.1) is 20.8 Å². The number of furan rings is 1. The average Bonchev–Trinajstić information content (AvgIpc) is 3.04. The molecule has 0 saturated heterocycles. The van der Waals surface area contributed by atoms with Crippen LogP contribution in [0.2, 0.25) is 0 Å². The number of hydrogen-bond acceptors (Lipinski definition) is 6. The maximum Gasteiger partial charge on any atom is 0.268 e. The van der Waals surface area contributed by atoms with Gasteiger partial charge in [-0.1, -0.05) is 12.1 Å². The molecule has 0 aliphatic heterocycles. The van der Waals surface area contributed by atoms with Crippen LogP contribution < -0.4 is 16.2 Å². The second-order valence-electron chi connectivity index (χ2n) is 5.20. The van der Waals surface area contributed by atoms with E-state index in [1.165, 1.54) is 0 Å². The summed E-state index contributed by atoms with van der Waals surface area (Å²) < 4.78 is 10.2. The van der Waals surface area contributed by atoms with Crippen LogP contribution in [-0.4, -0.2) is 23.0 Å². The van der Waals surface area contributed by atoms with Crippen LogP contribution >= 0.6 is 0 Å². The van der Waals surface area contributed by atoms with E-state index in [0.29, 0.717) is 35.1 Å². The van der Waals surface area contributed by atoms with Crippen LogP contribution in [0.15, 0.2) is 21.1 Å². The van der Waals surface area contributed by atoms with E-state index < -0.39 is 6.04 Å². The highest BCUT2D eigenvalue weighted by atomic mass is 16.5. The van der Waals surface area contributed by atoms with Gasteiger partial charge in [0.05, 0.1) is 5.56 Å². The summed E-state index contributed by atoms with van der Waals surface area (Å²) in [5, 5.41) is 6.31. The standard InChI is InChI=1S/C15H20N4O4/c1-5-12(15(21)16-13-7-9(3)23-19-13)17-18-14(20)11-6-8(2)22-10(11)4/h6-7,12,17H,5H2,1-4H3,(H,18,20)(H,16,19,21)/t12-/m1/s1. The molecular formula is C15H20N4O4. The minimum absolute atomic E-state index is 0.318. The van der Waals surface area contributed by atoms with Crippen molar-refractivity contribution in [1.82, 2.24) is 16.0 Å². The summed E-state index contributed by atoms with van der Waals surface area (Å²) in [4.78, 5) is 24.2. The summed E-state index contributed by atoms with van der Waals surface area (Å²) in [5.41, 5.74) is 5.67. The fraction of sp³-hybridized carbons (Fsp3) is 0.400. The van der Waals surface area contributed by atoms with Gasteiger partial charge in [-0.2, -0.15) is 0 Å². The molecule has 23 heavy (non-hydrogen) atoms. The summed E-state index contributed by atoms with van der Waals surface area (Å²) in [6, 6.07) is 2.65. The number of amides is 2. The highest BCUT2D eigenvalue weighted by molar-refractivity contribution is 5.96. The second kappa shape index (κ2) is 7.10. The van der Waals surface area contributed by atoms with Gasteiger partial charge in [0.2, 0.25) is 5.91 Å². The average molecular weight is 320 g/mol. The third-order valence-electron chi connectivity index (χ3n) is 3.25. The Hall–Kier alpha value is -2.61. The Labute approximate surface area is 133 Å². The largest absolute Gasteiger partial charge is 0.466 e. The van der Waals surface area contributed by atoms with Gasteiger partial charge in [0, 0.05) is 6.07 Å². The number of anilines is 1. The minimum Gasteiger partial charge on any atom is -0.466 e. The van der Waals surface area contributed by atoms with Gasteiger partial charge in [0.25, 0.3) is 5.91 Å². The van der Waals surface area contributed by atoms with Crippen LogP contribution in [0.5, 0.6) is 0 Å². The van der Waals surface area contributed by atoms with Crippen molar-refractivity contribution in [2.75, 3.05) is 5.32 Å². The number of nitrogens with zero attached hydrogens (tertiary/aromatic N) is 1. The molecule has 2 rings (SSSR count). The van der Waals surface area contributed by atoms with E-state index in [0.717, 1.165) is 0 Å². The Kier molecular flexibility index (Phi) is 5.17. The molecule has 8 nitrogen and oxygen atoms in total. The molecule has 0 fully saturated rings. The normalized spacial score (nSPS) is 12.0. The van der Waals surface area contributed by atoms with Gasteiger partial charge in [-0.3, -0.25) is 15.0 Å². The van der Waals surface area contributed by atoms with Crippen LogP contribution in [0.1, 0.15) is 41.0 Å². The van der Waals surface area contributed by atoms with Gasteiger partial charge in [0.1, 0.15) is 23.3 Å². The smallest absolute Gasteiger partial charge is 0.268 e. The van der Waals surface area contributed by atoms with Crippen LogP contribution in [0.4, 0.5) is 5.82 Å². The SMILES string of the molecule is CC[C@@H](NNC(=O)c1cc(C)oc1C)C(=O)Nc1cc(C)on1. The molecule has 2 aromatic heterocycles. The van der Waals surface area contributed by atoms with Crippen molar-refractivity contribution in [3.8, 4) is 0 Å². The van der Waals surface area contributed by atoms with E-state index in [1.807, 2.05) is 6.92 Å². The lowest BCUT2D eigenvalue weighted by molar-refractivity contribution is -0.118. The van der Waals surface area contributed by atoms with Gasteiger partial charge in [-0.15, -0.1) is 0 Å². The summed E-state index contributed by atoms with van der Waals surface area (Å²) in [6.07, 6.45) is 0.479. The van der Waals surface area contributed by atoms with Crippen LogP contribution in [0.3, 0.4) is 0 Å². The number of carbonyl (C=O) groups is 2. The van der Waals surface area contributed by atoms with E-state index >= 15 is 0 Å². The van der Waals surface area contributed by atoms with Crippen molar-refractivity contribution in [2.45, 2.75) is 40.2 Å². The maximum absolute atomic E-state index is 12.1. The lowest BCUT2D eigenvalue weighted by atomic mass is 10.2. The highest BCUT2D eigenvalue weighted by Crippen LogP contribution is 2.13. The highest BCUT2D eigenvalue weighted by Gasteiger charge is 2.20. The molecule has 2 heterocycles. The first-order valence-electron chi connectivity index (χ1n) is 7.27. The quantitative estimate of drug-likeness (QED) is 0.701. The number of nitrogens with one attached hydrogen (secondary N) is 3. The molecule has 8 heteroatoms. The topological polar surface area (TPSA) is 109 Å². The van der Waals surface area contributed by atoms with E-state index in [2.05, 4.69) is 21.3 Å². The first-order chi connectivity index (χ1) is 10.9. The molecule has 2 aromatic rings. The van der Waals surface area contributed by atoms with E-state index in [-0.39, 0.29) is 11.8 Å². The summed E-state index contributed by atoms with van der Waals surface area (Å²) in [7, 11) is 0. The predicted molar refractivity (Wildman–Crippen MR) is 82.7 cm³/mol. The Morgan fingerprint density at radius 2 is 1.96 bits per heavy atom. The van der Waals surface area contributed by atoms with Crippen molar-refractivity contribution in [2.24, 2.45) is 0 Å². The number of carbonyl (C=O) groups excluding carboxylic acids is 2. The Morgan fingerprint density at radius 1 is 1.22 bits per heavy atom. The number of hydrogen-bond donors (Lipinski definition) is 3. The Morgan fingerprint density at radius 3 is 2.48 bits per heavy atom. The van der Waals surface area contributed by atoms with E-state index in [4.69, 9.17) is 8.94 Å². The molecule has 0 saturated carbocycles. The first kappa shape index (κ1) is 16.8. The lowest BCUT2D eigenvalue weighted by Crippen LogP contribution is -2.49. The molecule has 0 aliphatic rings. The Balaban J connectivity index is 1.92. The number of aryl methyl sites for hydroxylation is 3. The molecule has 3 N–H and O–H groups in total. The summed E-state index contributed by atoms with van der Waals surface area (Å²) in [6.45, 7) is 7.02. The van der Waals surface area contributed by atoms with Gasteiger partial charge >= 0.3 is 0 Å². The molecule has 0 bridgehead atoms. The van der Waals surface area contributed by atoms with Crippen LogP contribution in [-0.2, 0) is 4.79 Å². The molecule has 0 aromatic carbocycles. The first-order valence-corrected chi connectivity index (χ1v) is 7.27. The van der Waals surface area contributed by atoms with Gasteiger partial charge < -0.3 is 14.3 Å². The molecule has 124 valence electrons. The van der Waals surface area contributed by atoms with Gasteiger partial charge in [0.15, 0.2) is 5.82 Å². The zero-order chi connectivity index (χ0) is 17.0.